The lowest BCUT2D eigenvalue weighted by atomic mass is 9.98. The summed E-state index contributed by atoms with van der Waals surface area (Å²) >= 11 is 0. The average Bonchev–Trinajstić information content (AvgIpc) is 2.98. The van der Waals surface area contributed by atoms with Crippen LogP contribution in [0.5, 0.6) is 0 Å². The van der Waals surface area contributed by atoms with Gasteiger partial charge in [0.15, 0.2) is 6.67 Å². The largest absolute Gasteiger partial charge is 0.314 e. The molecule has 2 atom stereocenters. The fourth-order valence-corrected chi connectivity index (χ4v) is 3.86. The summed E-state index contributed by atoms with van der Waals surface area (Å²) in [6, 6.07) is 20.0. The van der Waals surface area contributed by atoms with Gasteiger partial charge in [-0.15, -0.1) is 0 Å². The molecular weight excluding hydrogens is 324 g/mol. The molecule has 2 heterocycles. The van der Waals surface area contributed by atoms with E-state index in [0.717, 1.165) is 25.1 Å². The van der Waals surface area contributed by atoms with Crippen LogP contribution < -0.4 is 4.90 Å². The minimum absolute atomic E-state index is 0.0470. The molecule has 1 saturated heterocycles. The van der Waals surface area contributed by atoms with Crippen molar-refractivity contribution in [1.82, 2.24) is 4.90 Å². The number of amides is 2. The Bertz CT molecular complexity index is 830. The van der Waals surface area contributed by atoms with Gasteiger partial charge in [0.1, 0.15) is 0 Å². The number of rotatable bonds is 4. The highest BCUT2D eigenvalue weighted by Gasteiger charge is 2.41. The molecule has 2 aromatic carbocycles. The number of imide groups is 1. The number of hydrogen-bond donors (Lipinski definition) is 1. The second-order valence-electron chi connectivity index (χ2n) is 7.04. The topological polar surface area (TPSA) is 41.8 Å². The van der Waals surface area contributed by atoms with Gasteiger partial charge in [-0.1, -0.05) is 60.7 Å². The minimum atomic E-state index is -0.316. The quantitative estimate of drug-likeness (QED) is 0.858. The van der Waals surface area contributed by atoms with Crippen LogP contribution in [0.1, 0.15) is 29.9 Å². The van der Waals surface area contributed by atoms with Gasteiger partial charge in [-0.25, -0.2) is 4.90 Å². The van der Waals surface area contributed by atoms with Crippen LogP contribution in [-0.2, 0) is 9.59 Å². The van der Waals surface area contributed by atoms with Crippen molar-refractivity contribution in [2.24, 2.45) is 0 Å². The van der Waals surface area contributed by atoms with E-state index in [1.807, 2.05) is 36.4 Å². The number of quaternary nitrogens is 1. The zero-order valence-corrected chi connectivity index (χ0v) is 14.7. The summed E-state index contributed by atoms with van der Waals surface area (Å²) in [6.07, 6.45) is 3.51. The lowest BCUT2D eigenvalue weighted by Gasteiger charge is -2.27. The van der Waals surface area contributed by atoms with E-state index in [2.05, 4.69) is 30.3 Å². The molecule has 1 N–H and O–H groups in total. The third-order valence-corrected chi connectivity index (χ3v) is 5.36. The second kappa shape index (κ2) is 7.26. The summed E-state index contributed by atoms with van der Waals surface area (Å²) in [5.74, 6) is -0.413. The lowest BCUT2D eigenvalue weighted by Crippen LogP contribution is -3.14. The van der Waals surface area contributed by atoms with Gasteiger partial charge in [0.2, 0.25) is 11.8 Å². The molecule has 0 aliphatic carbocycles. The number of carbonyl (C=O) groups excluding carboxylic acids is 2. The van der Waals surface area contributed by atoms with Crippen LogP contribution in [0.15, 0.2) is 66.7 Å². The van der Waals surface area contributed by atoms with Crippen molar-refractivity contribution in [3.63, 3.8) is 0 Å². The first kappa shape index (κ1) is 16.7. The van der Waals surface area contributed by atoms with Crippen molar-refractivity contribution < 1.29 is 14.5 Å². The molecule has 2 aliphatic rings. The van der Waals surface area contributed by atoms with Gasteiger partial charge in [-0.05, 0) is 22.8 Å². The Morgan fingerprint density at radius 2 is 1.65 bits per heavy atom. The number of nitrogens with zero attached hydrogens (tertiary/aromatic N) is 1. The Morgan fingerprint density at radius 1 is 0.962 bits per heavy atom. The molecule has 4 nitrogen and oxygen atoms in total. The zero-order chi connectivity index (χ0) is 17.9. The van der Waals surface area contributed by atoms with Gasteiger partial charge in [-0.2, -0.15) is 0 Å². The standard InChI is InChI=1S/C22H22N2O2/c25-21-15-20(19-9-5-2-6-10-19)22(26)24(21)16-23-13-11-18(12-14-23)17-7-3-1-4-8-17/h1-11,20H,12-16H2/p+1/t20-/m1/s1. The molecule has 26 heavy (non-hydrogen) atoms. The van der Waals surface area contributed by atoms with E-state index in [9.17, 15) is 9.59 Å². The maximum absolute atomic E-state index is 12.8. The molecule has 0 saturated carbocycles. The first-order chi connectivity index (χ1) is 12.7. The van der Waals surface area contributed by atoms with Crippen molar-refractivity contribution in [1.29, 1.82) is 0 Å². The third kappa shape index (κ3) is 3.33. The van der Waals surface area contributed by atoms with E-state index >= 15 is 0 Å². The second-order valence-corrected chi connectivity index (χ2v) is 7.04. The van der Waals surface area contributed by atoms with Crippen LogP contribution in [0.2, 0.25) is 0 Å². The summed E-state index contributed by atoms with van der Waals surface area (Å²) in [7, 11) is 0. The fourth-order valence-electron chi connectivity index (χ4n) is 3.86. The molecular formula is C22H23N2O2+. The van der Waals surface area contributed by atoms with Crippen LogP contribution in [0.3, 0.4) is 0 Å². The molecule has 2 amide bonds. The first-order valence-electron chi connectivity index (χ1n) is 9.19. The highest BCUT2D eigenvalue weighted by atomic mass is 16.2. The van der Waals surface area contributed by atoms with Crippen LogP contribution in [0, 0.1) is 0 Å². The maximum atomic E-state index is 12.8. The molecule has 0 spiro atoms. The van der Waals surface area contributed by atoms with E-state index in [4.69, 9.17) is 0 Å². The van der Waals surface area contributed by atoms with Gasteiger partial charge >= 0.3 is 0 Å². The Labute approximate surface area is 153 Å². The molecule has 4 rings (SSSR count). The molecule has 2 aliphatic heterocycles. The van der Waals surface area contributed by atoms with E-state index in [0.29, 0.717) is 13.1 Å². The minimum Gasteiger partial charge on any atom is -0.314 e. The van der Waals surface area contributed by atoms with Gasteiger partial charge in [-0.3, -0.25) is 9.59 Å². The summed E-state index contributed by atoms with van der Waals surface area (Å²) in [5.41, 5.74) is 3.56. The van der Waals surface area contributed by atoms with E-state index in [1.165, 1.54) is 20.9 Å². The van der Waals surface area contributed by atoms with Gasteiger partial charge in [0.05, 0.1) is 19.0 Å². The summed E-state index contributed by atoms with van der Waals surface area (Å²) in [5, 5.41) is 0. The average molecular weight is 347 g/mol. The molecule has 4 heteroatoms. The molecule has 132 valence electrons. The highest BCUT2D eigenvalue weighted by Crippen LogP contribution is 2.28. The number of benzene rings is 2. The molecule has 0 aromatic heterocycles. The summed E-state index contributed by atoms with van der Waals surface area (Å²) in [6.45, 7) is 2.25. The smallest absolute Gasteiger partial charge is 0.241 e. The maximum Gasteiger partial charge on any atom is 0.241 e. The molecule has 0 radical (unpaired) electrons. The van der Waals surface area contributed by atoms with Crippen molar-refractivity contribution in [3.05, 3.63) is 77.9 Å². The molecule has 2 aromatic rings. The monoisotopic (exact) mass is 347 g/mol. The summed E-state index contributed by atoms with van der Waals surface area (Å²) in [4.78, 5) is 27.9. The number of likely N-dealkylation sites (tertiary alicyclic amines) is 1. The first-order valence-corrected chi connectivity index (χ1v) is 9.19. The number of carbonyl (C=O) groups is 2. The summed E-state index contributed by atoms with van der Waals surface area (Å²) < 4.78 is 0. The zero-order valence-electron chi connectivity index (χ0n) is 14.7. The van der Waals surface area contributed by atoms with Crippen molar-refractivity contribution in [2.75, 3.05) is 19.8 Å². The third-order valence-electron chi connectivity index (χ3n) is 5.36. The van der Waals surface area contributed by atoms with E-state index in [1.54, 1.807) is 0 Å². The fraction of sp³-hybridized carbons (Fsp3) is 0.273. The molecule has 1 unspecified atom stereocenters. The van der Waals surface area contributed by atoms with E-state index < -0.39 is 0 Å². The lowest BCUT2D eigenvalue weighted by molar-refractivity contribution is -0.902. The predicted molar refractivity (Wildman–Crippen MR) is 100 cm³/mol. The van der Waals surface area contributed by atoms with Gasteiger partial charge in [0.25, 0.3) is 0 Å². The highest BCUT2D eigenvalue weighted by molar-refractivity contribution is 6.06. The van der Waals surface area contributed by atoms with Crippen LogP contribution in [0.4, 0.5) is 0 Å². The van der Waals surface area contributed by atoms with Crippen molar-refractivity contribution >= 4 is 17.4 Å². The number of nitrogens with one attached hydrogen (secondary N) is 1. The van der Waals surface area contributed by atoms with Crippen molar-refractivity contribution in [3.8, 4) is 0 Å². The van der Waals surface area contributed by atoms with Crippen LogP contribution in [0.25, 0.3) is 5.57 Å². The Hall–Kier alpha value is -2.72. The SMILES string of the molecule is O=C1C[C@H](c2ccccc2)C(=O)N1C[NH+]1CC=C(c2ccccc2)CC1. The van der Waals surface area contributed by atoms with E-state index in [-0.39, 0.29) is 17.7 Å². The van der Waals surface area contributed by atoms with Crippen molar-refractivity contribution in [2.45, 2.75) is 18.8 Å². The van der Waals surface area contributed by atoms with Crippen LogP contribution >= 0.6 is 0 Å². The number of hydrogen-bond acceptors (Lipinski definition) is 2. The Kier molecular flexibility index (Phi) is 4.67. The Balaban J connectivity index is 1.41. The van der Waals surface area contributed by atoms with Gasteiger partial charge in [0, 0.05) is 12.8 Å². The van der Waals surface area contributed by atoms with Crippen LogP contribution in [-0.4, -0.2) is 36.5 Å². The van der Waals surface area contributed by atoms with Gasteiger partial charge < -0.3 is 4.90 Å². The Morgan fingerprint density at radius 3 is 2.31 bits per heavy atom. The predicted octanol–water partition coefficient (Wildman–Crippen LogP) is 1.86. The molecule has 0 bridgehead atoms. The normalized spacial score (nSPS) is 23.2. The molecule has 1 fully saturated rings.